The Labute approximate surface area is 116 Å². The van der Waals surface area contributed by atoms with Gasteiger partial charge in [-0.25, -0.2) is 0 Å². The molecule has 3 rings (SSSR count). The predicted molar refractivity (Wildman–Crippen MR) is 77.1 cm³/mol. The Bertz CT molecular complexity index is 636. The Morgan fingerprint density at radius 1 is 1.25 bits per heavy atom. The van der Waals surface area contributed by atoms with Crippen molar-refractivity contribution in [2.24, 2.45) is 5.92 Å². The van der Waals surface area contributed by atoms with Crippen LogP contribution in [-0.2, 0) is 0 Å². The molecule has 2 aromatic rings. The third-order valence-corrected chi connectivity index (χ3v) is 3.69. The van der Waals surface area contributed by atoms with Crippen molar-refractivity contribution >= 4 is 16.5 Å². The van der Waals surface area contributed by atoms with Crippen molar-refractivity contribution in [3.8, 4) is 5.75 Å². The molecule has 20 heavy (non-hydrogen) atoms. The van der Waals surface area contributed by atoms with E-state index in [1.165, 1.54) is 6.07 Å². The van der Waals surface area contributed by atoms with E-state index in [0.29, 0.717) is 17.9 Å². The Morgan fingerprint density at radius 2 is 2.05 bits per heavy atom. The number of nitrogens with zero attached hydrogens (tertiary/aromatic N) is 1. The second-order valence-electron chi connectivity index (χ2n) is 5.06. The maximum Gasteiger partial charge on any atom is 0.277 e. The maximum atomic E-state index is 11.0. The van der Waals surface area contributed by atoms with Crippen molar-refractivity contribution in [1.29, 1.82) is 0 Å². The molecule has 1 N–H and O–H groups in total. The monoisotopic (exact) mass is 272 g/mol. The van der Waals surface area contributed by atoms with Crippen LogP contribution < -0.4 is 10.1 Å². The van der Waals surface area contributed by atoms with Gasteiger partial charge in [0, 0.05) is 23.9 Å². The van der Waals surface area contributed by atoms with Gasteiger partial charge in [0.25, 0.3) is 5.69 Å². The summed E-state index contributed by atoms with van der Waals surface area (Å²) in [6, 6.07) is 10.5. The van der Waals surface area contributed by atoms with Crippen LogP contribution in [0.25, 0.3) is 10.8 Å². The van der Waals surface area contributed by atoms with Crippen LogP contribution in [0.4, 0.5) is 5.69 Å². The summed E-state index contributed by atoms with van der Waals surface area (Å²) in [7, 11) is 0. The zero-order chi connectivity index (χ0) is 13.9. The van der Waals surface area contributed by atoms with Crippen molar-refractivity contribution in [2.45, 2.75) is 6.42 Å². The third kappa shape index (κ3) is 2.44. The van der Waals surface area contributed by atoms with Gasteiger partial charge in [0.05, 0.1) is 16.9 Å². The normalized spacial score (nSPS) is 18.3. The molecular formula is C15H16N2O3. The number of nitro groups is 1. The topological polar surface area (TPSA) is 64.4 Å². The molecule has 0 aliphatic carbocycles. The van der Waals surface area contributed by atoms with Gasteiger partial charge in [0.2, 0.25) is 0 Å². The fraction of sp³-hybridized carbons (Fsp3) is 0.333. The minimum atomic E-state index is -0.354. The number of hydrogen-bond acceptors (Lipinski definition) is 4. The number of fused-ring (bicyclic) bond motifs is 1. The summed E-state index contributed by atoms with van der Waals surface area (Å²) >= 11 is 0. The van der Waals surface area contributed by atoms with Crippen molar-refractivity contribution in [3.05, 3.63) is 46.5 Å². The fourth-order valence-electron chi connectivity index (χ4n) is 2.60. The van der Waals surface area contributed by atoms with Gasteiger partial charge in [-0.1, -0.05) is 18.2 Å². The van der Waals surface area contributed by atoms with Crippen LogP contribution >= 0.6 is 0 Å². The van der Waals surface area contributed by atoms with Gasteiger partial charge in [0.1, 0.15) is 5.75 Å². The smallest absolute Gasteiger partial charge is 0.277 e. The molecule has 0 spiro atoms. The summed E-state index contributed by atoms with van der Waals surface area (Å²) in [5.41, 5.74) is 0.121. The number of nitro benzene ring substituents is 1. The highest BCUT2D eigenvalue weighted by atomic mass is 16.6. The van der Waals surface area contributed by atoms with Crippen molar-refractivity contribution in [1.82, 2.24) is 5.32 Å². The lowest BCUT2D eigenvalue weighted by molar-refractivity contribution is -0.383. The van der Waals surface area contributed by atoms with E-state index >= 15 is 0 Å². The van der Waals surface area contributed by atoms with E-state index in [4.69, 9.17) is 4.74 Å². The number of ether oxygens (including phenoxy) is 1. The molecule has 0 amide bonds. The average molecular weight is 272 g/mol. The minimum absolute atomic E-state index is 0.121. The Kier molecular flexibility index (Phi) is 3.52. The quantitative estimate of drug-likeness (QED) is 0.686. The number of non-ortho nitro benzene ring substituents is 1. The van der Waals surface area contributed by atoms with Crippen molar-refractivity contribution in [3.63, 3.8) is 0 Å². The van der Waals surface area contributed by atoms with Crippen LogP contribution in [0, 0.1) is 16.0 Å². The molecule has 1 saturated heterocycles. The first kappa shape index (κ1) is 12.9. The van der Waals surface area contributed by atoms with Gasteiger partial charge in [0.15, 0.2) is 0 Å². The standard InChI is InChI=1S/C15H16N2O3/c18-17(19)14-5-6-15(13-4-2-1-3-12(13)14)20-10-11-7-8-16-9-11/h1-6,11,16H,7-10H2. The number of nitrogens with one attached hydrogen (secondary N) is 1. The molecule has 2 aromatic carbocycles. The second kappa shape index (κ2) is 5.46. The van der Waals surface area contributed by atoms with E-state index in [1.54, 1.807) is 18.2 Å². The van der Waals surface area contributed by atoms with Gasteiger partial charge in [-0.3, -0.25) is 10.1 Å². The maximum absolute atomic E-state index is 11.0. The molecule has 1 heterocycles. The van der Waals surface area contributed by atoms with Gasteiger partial charge >= 0.3 is 0 Å². The van der Waals surface area contributed by atoms with Crippen molar-refractivity contribution in [2.75, 3.05) is 19.7 Å². The molecule has 5 nitrogen and oxygen atoms in total. The van der Waals surface area contributed by atoms with Gasteiger partial charge < -0.3 is 10.1 Å². The summed E-state index contributed by atoms with van der Waals surface area (Å²) in [5, 5.41) is 15.8. The Hall–Kier alpha value is -2.14. The molecule has 0 aromatic heterocycles. The molecule has 5 heteroatoms. The highest BCUT2D eigenvalue weighted by Gasteiger charge is 2.17. The average Bonchev–Trinajstić information content (AvgIpc) is 2.97. The van der Waals surface area contributed by atoms with Crippen LogP contribution in [0.1, 0.15) is 6.42 Å². The van der Waals surface area contributed by atoms with Crippen LogP contribution in [-0.4, -0.2) is 24.6 Å². The molecule has 1 unspecified atom stereocenters. The number of hydrogen-bond donors (Lipinski definition) is 1. The Morgan fingerprint density at radius 3 is 2.75 bits per heavy atom. The largest absolute Gasteiger partial charge is 0.493 e. The first-order valence-corrected chi connectivity index (χ1v) is 6.75. The van der Waals surface area contributed by atoms with E-state index < -0.39 is 0 Å². The molecular weight excluding hydrogens is 256 g/mol. The molecule has 0 radical (unpaired) electrons. The lowest BCUT2D eigenvalue weighted by atomic mass is 10.1. The number of benzene rings is 2. The van der Waals surface area contributed by atoms with Crippen LogP contribution in [0.2, 0.25) is 0 Å². The summed E-state index contributed by atoms with van der Waals surface area (Å²) in [5.74, 6) is 1.24. The van der Waals surface area contributed by atoms with E-state index in [1.807, 2.05) is 12.1 Å². The lowest BCUT2D eigenvalue weighted by Crippen LogP contribution is -2.15. The first-order valence-electron chi connectivity index (χ1n) is 6.75. The fourth-order valence-corrected chi connectivity index (χ4v) is 2.60. The molecule has 0 bridgehead atoms. The zero-order valence-electron chi connectivity index (χ0n) is 11.0. The predicted octanol–water partition coefficient (Wildman–Crippen LogP) is 2.74. The summed E-state index contributed by atoms with van der Waals surface area (Å²) in [6.07, 6.45) is 1.12. The molecule has 1 aliphatic heterocycles. The van der Waals surface area contributed by atoms with Crippen LogP contribution in [0.3, 0.4) is 0 Å². The molecule has 1 fully saturated rings. The minimum Gasteiger partial charge on any atom is -0.493 e. The summed E-state index contributed by atoms with van der Waals surface area (Å²) < 4.78 is 5.88. The molecule has 1 atom stereocenters. The molecule has 0 saturated carbocycles. The van der Waals surface area contributed by atoms with Gasteiger partial charge in [-0.15, -0.1) is 0 Å². The van der Waals surface area contributed by atoms with E-state index in [0.717, 1.165) is 30.6 Å². The molecule has 1 aliphatic rings. The number of rotatable bonds is 4. The Balaban J connectivity index is 1.91. The van der Waals surface area contributed by atoms with E-state index in [2.05, 4.69) is 5.32 Å². The van der Waals surface area contributed by atoms with E-state index in [-0.39, 0.29) is 10.6 Å². The second-order valence-corrected chi connectivity index (χ2v) is 5.06. The summed E-state index contributed by atoms with van der Waals surface area (Å²) in [6.45, 7) is 2.66. The summed E-state index contributed by atoms with van der Waals surface area (Å²) in [4.78, 5) is 10.7. The highest BCUT2D eigenvalue weighted by Crippen LogP contribution is 2.33. The zero-order valence-corrected chi connectivity index (χ0v) is 11.0. The molecule has 104 valence electrons. The van der Waals surface area contributed by atoms with Crippen LogP contribution in [0.5, 0.6) is 5.75 Å². The lowest BCUT2D eigenvalue weighted by Gasteiger charge is -2.13. The van der Waals surface area contributed by atoms with E-state index in [9.17, 15) is 10.1 Å². The van der Waals surface area contributed by atoms with Gasteiger partial charge in [-0.2, -0.15) is 0 Å². The van der Waals surface area contributed by atoms with Crippen molar-refractivity contribution < 1.29 is 9.66 Å². The first-order chi connectivity index (χ1) is 9.75. The van der Waals surface area contributed by atoms with Crippen LogP contribution in [0.15, 0.2) is 36.4 Å². The SMILES string of the molecule is O=[N+]([O-])c1ccc(OCC2CCNC2)c2ccccc12. The highest BCUT2D eigenvalue weighted by molar-refractivity contribution is 5.95. The van der Waals surface area contributed by atoms with Gasteiger partial charge in [-0.05, 0) is 25.1 Å². The third-order valence-electron chi connectivity index (χ3n) is 3.69.